The van der Waals surface area contributed by atoms with Gasteiger partial charge in [-0.2, -0.15) is 0 Å². The first-order valence-corrected chi connectivity index (χ1v) is 7.79. The number of aliphatic hydroxyl groups is 1. The molecular formula is C18H18ClNO2. The molecule has 1 heterocycles. The smallest absolute Gasteiger partial charge is 0.254 e. The Hall–Kier alpha value is -1.84. The number of carbonyl (C=O) groups is 1. The monoisotopic (exact) mass is 315 g/mol. The molecule has 0 aliphatic carbocycles. The van der Waals surface area contributed by atoms with Crippen molar-refractivity contribution >= 4 is 17.5 Å². The van der Waals surface area contributed by atoms with E-state index < -0.39 is 5.60 Å². The van der Waals surface area contributed by atoms with Crippen LogP contribution in [-0.4, -0.2) is 29.0 Å². The van der Waals surface area contributed by atoms with Crippen molar-refractivity contribution in [1.82, 2.24) is 4.90 Å². The second-order valence-electron chi connectivity index (χ2n) is 5.74. The van der Waals surface area contributed by atoms with Crippen LogP contribution < -0.4 is 0 Å². The van der Waals surface area contributed by atoms with Crippen LogP contribution in [0.25, 0.3) is 0 Å². The van der Waals surface area contributed by atoms with E-state index in [9.17, 15) is 9.90 Å². The molecule has 1 aliphatic rings. The first-order valence-electron chi connectivity index (χ1n) is 7.41. The number of hydrogen-bond acceptors (Lipinski definition) is 2. The number of piperidine rings is 1. The zero-order valence-electron chi connectivity index (χ0n) is 12.2. The Morgan fingerprint density at radius 1 is 1.14 bits per heavy atom. The molecule has 1 saturated heterocycles. The molecule has 0 radical (unpaired) electrons. The van der Waals surface area contributed by atoms with Gasteiger partial charge < -0.3 is 10.0 Å². The summed E-state index contributed by atoms with van der Waals surface area (Å²) >= 11 is 5.96. The molecule has 0 saturated carbocycles. The van der Waals surface area contributed by atoms with Crippen molar-refractivity contribution in [3.63, 3.8) is 0 Å². The Morgan fingerprint density at radius 2 is 1.91 bits per heavy atom. The van der Waals surface area contributed by atoms with Crippen LogP contribution in [0.15, 0.2) is 54.6 Å². The van der Waals surface area contributed by atoms with E-state index in [0.717, 1.165) is 12.0 Å². The van der Waals surface area contributed by atoms with E-state index in [1.54, 1.807) is 29.2 Å². The summed E-state index contributed by atoms with van der Waals surface area (Å²) in [6.45, 7) is 0.961. The maximum Gasteiger partial charge on any atom is 0.254 e. The van der Waals surface area contributed by atoms with Crippen LogP contribution in [0.2, 0.25) is 5.02 Å². The van der Waals surface area contributed by atoms with Gasteiger partial charge in [0.2, 0.25) is 0 Å². The predicted molar refractivity (Wildman–Crippen MR) is 86.9 cm³/mol. The molecule has 2 aromatic carbocycles. The van der Waals surface area contributed by atoms with Crippen molar-refractivity contribution in [1.29, 1.82) is 0 Å². The van der Waals surface area contributed by atoms with E-state index in [-0.39, 0.29) is 5.91 Å². The zero-order chi connectivity index (χ0) is 15.6. The first kappa shape index (κ1) is 15.1. The topological polar surface area (TPSA) is 40.5 Å². The van der Waals surface area contributed by atoms with Gasteiger partial charge >= 0.3 is 0 Å². The second-order valence-corrected chi connectivity index (χ2v) is 6.17. The lowest BCUT2D eigenvalue weighted by atomic mass is 9.85. The third-order valence-corrected chi connectivity index (χ3v) is 4.38. The third kappa shape index (κ3) is 3.01. The summed E-state index contributed by atoms with van der Waals surface area (Å²) in [7, 11) is 0. The molecule has 0 spiro atoms. The highest BCUT2D eigenvalue weighted by molar-refractivity contribution is 6.30. The average molecular weight is 316 g/mol. The molecule has 1 aliphatic heterocycles. The molecule has 4 heteroatoms. The van der Waals surface area contributed by atoms with Crippen molar-refractivity contribution in [2.45, 2.75) is 18.4 Å². The standard InChI is InChI=1S/C18H18ClNO2/c19-16-9-4-6-14(12-16)17(21)20-11-5-10-18(22,13-20)15-7-2-1-3-8-15/h1-4,6-9,12,22H,5,10-11,13H2. The van der Waals surface area contributed by atoms with E-state index in [1.807, 2.05) is 30.3 Å². The normalized spacial score (nSPS) is 21.6. The van der Waals surface area contributed by atoms with E-state index in [4.69, 9.17) is 11.6 Å². The van der Waals surface area contributed by atoms with Gasteiger partial charge in [0.25, 0.3) is 5.91 Å². The van der Waals surface area contributed by atoms with Gasteiger partial charge in [0.05, 0.1) is 6.54 Å². The van der Waals surface area contributed by atoms with Gasteiger partial charge in [-0.05, 0) is 36.6 Å². The Morgan fingerprint density at radius 3 is 2.64 bits per heavy atom. The number of rotatable bonds is 2. The summed E-state index contributed by atoms with van der Waals surface area (Å²) in [6, 6.07) is 16.5. The average Bonchev–Trinajstić information content (AvgIpc) is 2.55. The van der Waals surface area contributed by atoms with Gasteiger partial charge in [0.15, 0.2) is 0 Å². The summed E-state index contributed by atoms with van der Waals surface area (Å²) < 4.78 is 0. The van der Waals surface area contributed by atoms with Crippen LogP contribution in [0.4, 0.5) is 0 Å². The van der Waals surface area contributed by atoms with Crippen molar-refractivity contribution < 1.29 is 9.90 Å². The highest BCUT2D eigenvalue weighted by Gasteiger charge is 2.36. The van der Waals surface area contributed by atoms with Gasteiger partial charge in [-0.3, -0.25) is 4.79 Å². The third-order valence-electron chi connectivity index (χ3n) is 4.14. The van der Waals surface area contributed by atoms with Gasteiger partial charge in [0.1, 0.15) is 5.60 Å². The van der Waals surface area contributed by atoms with Crippen LogP contribution >= 0.6 is 11.6 Å². The summed E-state index contributed by atoms with van der Waals surface area (Å²) in [6.07, 6.45) is 1.44. The molecule has 1 unspecified atom stereocenters. The Bertz CT molecular complexity index is 674. The van der Waals surface area contributed by atoms with Gasteiger partial charge in [-0.25, -0.2) is 0 Å². The van der Waals surface area contributed by atoms with E-state index in [0.29, 0.717) is 30.1 Å². The largest absolute Gasteiger partial charge is 0.383 e. The van der Waals surface area contributed by atoms with Crippen molar-refractivity contribution in [2.24, 2.45) is 0 Å². The first-order chi connectivity index (χ1) is 10.6. The fourth-order valence-corrected chi connectivity index (χ4v) is 3.19. The maximum absolute atomic E-state index is 12.6. The van der Waals surface area contributed by atoms with E-state index in [1.165, 1.54) is 0 Å². The molecule has 2 aromatic rings. The summed E-state index contributed by atoms with van der Waals surface area (Å²) in [5.41, 5.74) is 0.441. The molecule has 0 bridgehead atoms. The number of benzene rings is 2. The number of nitrogens with zero attached hydrogens (tertiary/aromatic N) is 1. The molecule has 1 N–H and O–H groups in total. The van der Waals surface area contributed by atoms with Crippen molar-refractivity contribution in [2.75, 3.05) is 13.1 Å². The minimum atomic E-state index is -0.978. The fourth-order valence-electron chi connectivity index (χ4n) is 3.00. The Balaban J connectivity index is 1.83. The lowest BCUT2D eigenvalue weighted by molar-refractivity contribution is -0.0289. The van der Waals surface area contributed by atoms with Crippen LogP contribution in [0, 0.1) is 0 Å². The molecule has 114 valence electrons. The summed E-state index contributed by atoms with van der Waals surface area (Å²) in [5, 5.41) is 11.5. The van der Waals surface area contributed by atoms with E-state index in [2.05, 4.69) is 0 Å². The predicted octanol–water partition coefficient (Wildman–Crippen LogP) is 3.46. The number of hydrogen-bond donors (Lipinski definition) is 1. The molecule has 1 amide bonds. The van der Waals surface area contributed by atoms with Gasteiger partial charge in [-0.1, -0.05) is 48.0 Å². The fraction of sp³-hybridized carbons (Fsp3) is 0.278. The quantitative estimate of drug-likeness (QED) is 0.922. The molecule has 1 atom stereocenters. The molecule has 22 heavy (non-hydrogen) atoms. The number of carbonyl (C=O) groups excluding carboxylic acids is 1. The molecule has 3 rings (SSSR count). The van der Waals surface area contributed by atoms with Crippen LogP contribution in [0.5, 0.6) is 0 Å². The lowest BCUT2D eigenvalue weighted by Gasteiger charge is -2.39. The van der Waals surface area contributed by atoms with Gasteiger partial charge in [-0.15, -0.1) is 0 Å². The molecule has 0 aromatic heterocycles. The van der Waals surface area contributed by atoms with E-state index >= 15 is 0 Å². The molecule has 1 fully saturated rings. The van der Waals surface area contributed by atoms with Crippen molar-refractivity contribution in [3.8, 4) is 0 Å². The van der Waals surface area contributed by atoms with Gasteiger partial charge in [0, 0.05) is 17.1 Å². The summed E-state index contributed by atoms with van der Waals surface area (Å²) in [4.78, 5) is 14.3. The van der Waals surface area contributed by atoms with Crippen LogP contribution in [0.3, 0.4) is 0 Å². The minimum Gasteiger partial charge on any atom is -0.383 e. The lowest BCUT2D eigenvalue weighted by Crippen LogP contribution is -2.48. The number of halogens is 1. The molecule has 3 nitrogen and oxygen atoms in total. The summed E-state index contributed by atoms with van der Waals surface area (Å²) in [5.74, 6) is -0.0865. The minimum absolute atomic E-state index is 0.0865. The SMILES string of the molecule is O=C(c1cccc(Cl)c1)N1CCCC(O)(c2ccccc2)C1. The number of likely N-dealkylation sites (tertiary alicyclic amines) is 1. The maximum atomic E-state index is 12.6. The van der Waals surface area contributed by atoms with Crippen LogP contribution in [0.1, 0.15) is 28.8 Å². The highest BCUT2D eigenvalue weighted by Crippen LogP contribution is 2.32. The highest BCUT2D eigenvalue weighted by atomic mass is 35.5. The van der Waals surface area contributed by atoms with Crippen molar-refractivity contribution in [3.05, 3.63) is 70.7 Å². The zero-order valence-corrected chi connectivity index (χ0v) is 13.0. The molecular weight excluding hydrogens is 298 g/mol. The second kappa shape index (κ2) is 6.11. The van der Waals surface area contributed by atoms with Crippen LogP contribution in [-0.2, 0) is 5.60 Å². The number of β-amino-alcohol motifs (C(OH)–C–C–N with tert-alkyl or cyclic N) is 1. The number of amides is 1. The Labute approximate surface area is 135 Å². The Kier molecular flexibility index (Phi) is 4.19.